The van der Waals surface area contributed by atoms with Crippen molar-refractivity contribution >= 4 is 5.91 Å². The van der Waals surface area contributed by atoms with Crippen LogP contribution in [0.3, 0.4) is 0 Å². The smallest absolute Gasteiger partial charge is 0.234 e. The van der Waals surface area contributed by atoms with E-state index in [1.54, 1.807) is 0 Å². The first kappa shape index (κ1) is 13.2. The van der Waals surface area contributed by atoms with Crippen LogP contribution < -0.4 is 10.6 Å². The lowest BCUT2D eigenvalue weighted by Crippen LogP contribution is -2.38. The zero-order valence-electron chi connectivity index (χ0n) is 9.94. The number of benzene rings is 1. The van der Waals surface area contributed by atoms with Crippen LogP contribution in [0.25, 0.3) is 0 Å². The predicted molar refractivity (Wildman–Crippen MR) is 66.2 cm³/mol. The zero-order valence-corrected chi connectivity index (χ0v) is 9.94. The number of hydrogen-bond acceptors (Lipinski definition) is 3. The molecule has 0 saturated heterocycles. The van der Waals surface area contributed by atoms with Gasteiger partial charge in [0.2, 0.25) is 5.91 Å². The summed E-state index contributed by atoms with van der Waals surface area (Å²) < 4.78 is 0. The van der Waals surface area contributed by atoms with E-state index in [2.05, 4.69) is 22.8 Å². The second kappa shape index (κ2) is 7.42. The molecule has 0 aliphatic heterocycles. The molecule has 0 bridgehead atoms. The van der Waals surface area contributed by atoms with Crippen molar-refractivity contribution in [1.82, 2.24) is 10.6 Å². The molecule has 0 aliphatic carbocycles. The van der Waals surface area contributed by atoms with Crippen LogP contribution in [0, 0.1) is 11.3 Å². The van der Waals surface area contributed by atoms with Crippen molar-refractivity contribution in [1.29, 1.82) is 5.26 Å². The summed E-state index contributed by atoms with van der Waals surface area (Å²) in [5, 5.41) is 13.9. The Balaban J connectivity index is 2.24. The SMILES string of the molecule is CC(Cc1ccccc1)NCC(=O)NCC#N. The van der Waals surface area contributed by atoms with Gasteiger partial charge in [-0.25, -0.2) is 0 Å². The maximum absolute atomic E-state index is 11.2. The van der Waals surface area contributed by atoms with Gasteiger partial charge in [0, 0.05) is 6.04 Å². The predicted octanol–water partition coefficient (Wildman–Crippen LogP) is 0.847. The fourth-order valence-electron chi connectivity index (χ4n) is 1.51. The van der Waals surface area contributed by atoms with E-state index in [1.165, 1.54) is 5.56 Å². The van der Waals surface area contributed by atoms with Gasteiger partial charge in [0.05, 0.1) is 12.6 Å². The van der Waals surface area contributed by atoms with Gasteiger partial charge < -0.3 is 10.6 Å². The molecule has 1 rings (SSSR count). The number of amides is 1. The number of hydrogen-bond donors (Lipinski definition) is 2. The summed E-state index contributed by atoms with van der Waals surface area (Å²) in [6, 6.07) is 12.2. The van der Waals surface area contributed by atoms with Gasteiger partial charge in [-0.15, -0.1) is 0 Å². The largest absolute Gasteiger partial charge is 0.342 e. The Morgan fingerprint density at radius 1 is 1.41 bits per heavy atom. The topological polar surface area (TPSA) is 64.9 Å². The standard InChI is InChI=1S/C13H17N3O/c1-11(9-12-5-3-2-4-6-12)16-10-13(17)15-8-7-14/h2-6,11,16H,8-10H2,1H3,(H,15,17). The summed E-state index contributed by atoms with van der Waals surface area (Å²) in [5.74, 6) is -0.147. The minimum Gasteiger partial charge on any atom is -0.342 e. The molecule has 0 heterocycles. The minimum absolute atomic E-state index is 0.0631. The number of carbonyl (C=O) groups is 1. The summed E-state index contributed by atoms with van der Waals surface area (Å²) in [5.41, 5.74) is 1.24. The van der Waals surface area contributed by atoms with E-state index in [4.69, 9.17) is 5.26 Å². The van der Waals surface area contributed by atoms with Crippen molar-refractivity contribution < 1.29 is 4.79 Å². The number of nitrogens with one attached hydrogen (secondary N) is 2. The van der Waals surface area contributed by atoms with Crippen molar-refractivity contribution in [2.24, 2.45) is 0 Å². The first-order valence-electron chi connectivity index (χ1n) is 5.63. The molecule has 0 fully saturated rings. The van der Waals surface area contributed by atoms with Gasteiger partial charge in [-0.1, -0.05) is 30.3 Å². The molecule has 1 aromatic rings. The Bertz CT molecular complexity index is 383. The number of carbonyl (C=O) groups excluding carboxylic acids is 1. The van der Waals surface area contributed by atoms with E-state index in [0.717, 1.165) is 6.42 Å². The Morgan fingerprint density at radius 3 is 2.76 bits per heavy atom. The Hall–Kier alpha value is -1.86. The highest BCUT2D eigenvalue weighted by Gasteiger charge is 2.05. The molecule has 0 aromatic heterocycles. The van der Waals surface area contributed by atoms with Gasteiger partial charge in [-0.2, -0.15) is 5.26 Å². The third kappa shape index (κ3) is 5.69. The van der Waals surface area contributed by atoms with Crippen molar-refractivity contribution in [2.45, 2.75) is 19.4 Å². The van der Waals surface area contributed by atoms with E-state index in [9.17, 15) is 4.79 Å². The molecular weight excluding hydrogens is 214 g/mol. The van der Waals surface area contributed by atoms with Crippen LogP contribution in [-0.2, 0) is 11.2 Å². The molecule has 0 radical (unpaired) electrons. The molecule has 1 unspecified atom stereocenters. The molecule has 0 aliphatic rings. The van der Waals surface area contributed by atoms with Crippen LogP contribution >= 0.6 is 0 Å². The van der Waals surface area contributed by atoms with Gasteiger partial charge in [-0.3, -0.25) is 4.79 Å². The second-order valence-electron chi connectivity index (χ2n) is 3.91. The first-order valence-corrected chi connectivity index (χ1v) is 5.63. The fourth-order valence-corrected chi connectivity index (χ4v) is 1.51. The molecule has 1 aromatic carbocycles. The van der Waals surface area contributed by atoms with Crippen molar-refractivity contribution in [3.63, 3.8) is 0 Å². The average Bonchev–Trinajstić information content (AvgIpc) is 2.35. The molecule has 4 nitrogen and oxygen atoms in total. The van der Waals surface area contributed by atoms with Crippen LogP contribution in [0.15, 0.2) is 30.3 Å². The Labute approximate surface area is 102 Å². The van der Waals surface area contributed by atoms with Gasteiger partial charge in [0.25, 0.3) is 0 Å². The summed E-state index contributed by atoms with van der Waals surface area (Å²) in [6.07, 6.45) is 0.881. The van der Waals surface area contributed by atoms with Crippen molar-refractivity contribution in [3.05, 3.63) is 35.9 Å². The molecule has 17 heavy (non-hydrogen) atoms. The van der Waals surface area contributed by atoms with Crippen LogP contribution in [0.5, 0.6) is 0 Å². The first-order chi connectivity index (χ1) is 8.22. The molecule has 0 spiro atoms. The lowest BCUT2D eigenvalue weighted by atomic mass is 10.1. The highest BCUT2D eigenvalue weighted by atomic mass is 16.1. The number of nitrogens with zero attached hydrogens (tertiary/aromatic N) is 1. The Morgan fingerprint density at radius 2 is 2.12 bits per heavy atom. The average molecular weight is 231 g/mol. The number of nitriles is 1. The zero-order chi connectivity index (χ0) is 12.5. The fraction of sp³-hybridized carbons (Fsp3) is 0.385. The van der Waals surface area contributed by atoms with E-state index in [-0.39, 0.29) is 25.0 Å². The Kier molecular flexibility index (Phi) is 5.76. The second-order valence-corrected chi connectivity index (χ2v) is 3.91. The van der Waals surface area contributed by atoms with Crippen LogP contribution in [0.1, 0.15) is 12.5 Å². The molecule has 0 saturated carbocycles. The highest BCUT2D eigenvalue weighted by Crippen LogP contribution is 2.02. The van der Waals surface area contributed by atoms with Crippen LogP contribution in [0.4, 0.5) is 0 Å². The van der Waals surface area contributed by atoms with E-state index >= 15 is 0 Å². The molecule has 2 N–H and O–H groups in total. The summed E-state index contributed by atoms with van der Waals surface area (Å²) in [6.45, 7) is 2.34. The maximum atomic E-state index is 11.2. The van der Waals surface area contributed by atoms with Crippen LogP contribution in [0.2, 0.25) is 0 Å². The normalized spacial score (nSPS) is 11.5. The number of rotatable bonds is 6. The molecule has 1 amide bonds. The summed E-state index contributed by atoms with van der Waals surface area (Å²) in [7, 11) is 0. The monoisotopic (exact) mass is 231 g/mol. The van der Waals surface area contributed by atoms with Crippen LogP contribution in [-0.4, -0.2) is 25.0 Å². The van der Waals surface area contributed by atoms with E-state index in [1.807, 2.05) is 31.2 Å². The van der Waals surface area contributed by atoms with E-state index < -0.39 is 0 Å². The molecule has 90 valence electrons. The molecule has 1 atom stereocenters. The van der Waals surface area contributed by atoms with E-state index in [0.29, 0.717) is 0 Å². The molecular formula is C13H17N3O. The van der Waals surface area contributed by atoms with Gasteiger partial charge in [-0.05, 0) is 18.9 Å². The lowest BCUT2D eigenvalue weighted by molar-refractivity contribution is -0.120. The summed E-state index contributed by atoms with van der Waals surface area (Å²) in [4.78, 5) is 11.2. The lowest BCUT2D eigenvalue weighted by Gasteiger charge is -2.13. The quantitative estimate of drug-likeness (QED) is 0.713. The minimum atomic E-state index is -0.147. The van der Waals surface area contributed by atoms with Gasteiger partial charge in [0.15, 0.2) is 0 Å². The third-order valence-electron chi connectivity index (χ3n) is 2.36. The van der Waals surface area contributed by atoms with Gasteiger partial charge >= 0.3 is 0 Å². The maximum Gasteiger partial charge on any atom is 0.234 e. The third-order valence-corrected chi connectivity index (χ3v) is 2.36. The van der Waals surface area contributed by atoms with Crippen molar-refractivity contribution in [2.75, 3.05) is 13.1 Å². The van der Waals surface area contributed by atoms with Gasteiger partial charge in [0.1, 0.15) is 6.54 Å². The summed E-state index contributed by atoms with van der Waals surface area (Å²) >= 11 is 0. The molecule has 4 heteroatoms. The van der Waals surface area contributed by atoms with Crippen molar-refractivity contribution in [3.8, 4) is 6.07 Å². The highest BCUT2D eigenvalue weighted by molar-refractivity contribution is 5.78.